The second-order valence-corrected chi connectivity index (χ2v) is 4.21. The van der Waals surface area contributed by atoms with E-state index in [2.05, 4.69) is 10.1 Å². The van der Waals surface area contributed by atoms with Crippen molar-refractivity contribution in [3.05, 3.63) is 41.0 Å². The lowest BCUT2D eigenvalue weighted by molar-refractivity contribution is 0.409. The molecule has 2 rings (SSSR count). The lowest BCUT2D eigenvalue weighted by atomic mass is 10.1. The Morgan fingerprint density at radius 3 is 2.67 bits per heavy atom. The van der Waals surface area contributed by atoms with Crippen LogP contribution in [0.25, 0.3) is 0 Å². The molecule has 1 aromatic heterocycles. The molecule has 2 N–H and O–H groups in total. The third-order valence-corrected chi connectivity index (χ3v) is 2.87. The van der Waals surface area contributed by atoms with Crippen LogP contribution in [0.5, 0.6) is 5.75 Å². The van der Waals surface area contributed by atoms with Crippen molar-refractivity contribution in [2.24, 2.45) is 5.73 Å². The summed E-state index contributed by atoms with van der Waals surface area (Å²) in [5.41, 5.74) is 7.78. The van der Waals surface area contributed by atoms with Gasteiger partial charge in [0, 0.05) is 12.1 Å². The van der Waals surface area contributed by atoms with Crippen LogP contribution in [-0.2, 0) is 13.1 Å². The first-order chi connectivity index (χ1) is 8.63. The smallest absolute Gasteiger partial charge is 0.147 e. The zero-order valence-corrected chi connectivity index (χ0v) is 11.0. The van der Waals surface area contributed by atoms with Gasteiger partial charge in [0.05, 0.1) is 13.7 Å². The molecule has 0 aliphatic carbocycles. The van der Waals surface area contributed by atoms with E-state index < -0.39 is 0 Å². The van der Waals surface area contributed by atoms with E-state index in [-0.39, 0.29) is 0 Å². The van der Waals surface area contributed by atoms with Crippen LogP contribution in [0, 0.1) is 13.8 Å². The summed E-state index contributed by atoms with van der Waals surface area (Å²) >= 11 is 0. The van der Waals surface area contributed by atoms with Crippen molar-refractivity contribution in [2.75, 3.05) is 7.11 Å². The van der Waals surface area contributed by atoms with Gasteiger partial charge in [-0.25, -0.2) is 9.67 Å². The monoisotopic (exact) mass is 246 g/mol. The number of hydrogen-bond acceptors (Lipinski definition) is 4. The van der Waals surface area contributed by atoms with Gasteiger partial charge >= 0.3 is 0 Å². The number of aromatic nitrogens is 3. The Hall–Kier alpha value is -1.88. The molecule has 0 saturated heterocycles. The minimum Gasteiger partial charge on any atom is -0.496 e. The molecule has 0 amide bonds. The van der Waals surface area contributed by atoms with Gasteiger partial charge in [0.15, 0.2) is 0 Å². The van der Waals surface area contributed by atoms with Crippen LogP contribution in [0.3, 0.4) is 0 Å². The third kappa shape index (κ3) is 2.51. The standard InChI is InChI=1S/C13H18N4O/c1-9-15-10(2)17(16-9)8-11-4-5-12(7-14)13(6-11)18-3/h4-6H,7-8,14H2,1-3H3. The third-order valence-electron chi connectivity index (χ3n) is 2.87. The molecule has 0 bridgehead atoms. The summed E-state index contributed by atoms with van der Waals surface area (Å²) < 4.78 is 7.21. The van der Waals surface area contributed by atoms with E-state index >= 15 is 0 Å². The lowest BCUT2D eigenvalue weighted by Gasteiger charge is -2.09. The van der Waals surface area contributed by atoms with E-state index in [4.69, 9.17) is 10.5 Å². The highest BCUT2D eigenvalue weighted by atomic mass is 16.5. The van der Waals surface area contributed by atoms with Crippen molar-refractivity contribution in [2.45, 2.75) is 26.9 Å². The van der Waals surface area contributed by atoms with Crippen LogP contribution in [0.1, 0.15) is 22.8 Å². The molecule has 0 fully saturated rings. The Bertz CT molecular complexity index is 548. The van der Waals surface area contributed by atoms with Gasteiger partial charge in [-0.15, -0.1) is 0 Å². The fraction of sp³-hybridized carbons (Fsp3) is 0.385. The summed E-state index contributed by atoms with van der Waals surface area (Å²) in [6, 6.07) is 6.03. The number of hydrogen-bond donors (Lipinski definition) is 1. The van der Waals surface area contributed by atoms with Crippen LogP contribution in [-0.4, -0.2) is 21.9 Å². The predicted octanol–water partition coefficient (Wildman–Crippen LogP) is 1.41. The van der Waals surface area contributed by atoms with Crippen molar-refractivity contribution in [1.82, 2.24) is 14.8 Å². The molecular formula is C13H18N4O. The van der Waals surface area contributed by atoms with Crippen molar-refractivity contribution < 1.29 is 4.74 Å². The molecule has 1 heterocycles. The second-order valence-electron chi connectivity index (χ2n) is 4.21. The van der Waals surface area contributed by atoms with Gasteiger partial charge in [0.1, 0.15) is 17.4 Å². The van der Waals surface area contributed by atoms with Gasteiger partial charge in [-0.05, 0) is 25.5 Å². The molecule has 18 heavy (non-hydrogen) atoms. The molecule has 0 aliphatic heterocycles. The van der Waals surface area contributed by atoms with E-state index in [1.165, 1.54) is 0 Å². The Morgan fingerprint density at radius 1 is 1.33 bits per heavy atom. The number of aryl methyl sites for hydroxylation is 2. The molecule has 5 heteroatoms. The minimum atomic E-state index is 0.477. The van der Waals surface area contributed by atoms with E-state index in [0.29, 0.717) is 13.1 Å². The summed E-state index contributed by atoms with van der Waals surface area (Å²) in [6.07, 6.45) is 0. The van der Waals surface area contributed by atoms with Crippen LogP contribution < -0.4 is 10.5 Å². The number of nitrogens with two attached hydrogens (primary N) is 1. The molecule has 1 aromatic carbocycles. The van der Waals surface area contributed by atoms with E-state index in [1.54, 1.807) is 7.11 Å². The average molecular weight is 246 g/mol. The molecule has 2 aromatic rings. The van der Waals surface area contributed by atoms with Gasteiger partial charge in [0.25, 0.3) is 0 Å². The number of methoxy groups -OCH3 is 1. The first-order valence-corrected chi connectivity index (χ1v) is 5.88. The molecule has 0 saturated carbocycles. The topological polar surface area (TPSA) is 66.0 Å². The normalized spacial score (nSPS) is 10.7. The molecule has 0 radical (unpaired) electrons. The Labute approximate surface area is 107 Å². The van der Waals surface area contributed by atoms with Crippen LogP contribution in [0.2, 0.25) is 0 Å². The highest BCUT2D eigenvalue weighted by Crippen LogP contribution is 2.20. The Morgan fingerprint density at radius 2 is 2.11 bits per heavy atom. The largest absolute Gasteiger partial charge is 0.496 e. The molecular weight excluding hydrogens is 228 g/mol. The Balaban J connectivity index is 2.27. The van der Waals surface area contributed by atoms with E-state index in [1.807, 2.05) is 36.7 Å². The fourth-order valence-corrected chi connectivity index (χ4v) is 1.94. The van der Waals surface area contributed by atoms with Gasteiger partial charge in [-0.2, -0.15) is 5.10 Å². The van der Waals surface area contributed by atoms with Crippen molar-refractivity contribution in [3.63, 3.8) is 0 Å². The highest BCUT2D eigenvalue weighted by molar-refractivity contribution is 5.37. The van der Waals surface area contributed by atoms with Gasteiger partial charge in [0.2, 0.25) is 0 Å². The van der Waals surface area contributed by atoms with Crippen molar-refractivity contribution >= 4 is 0 Å². The number of nitrogens with zero attached hydrogens (tertiary/aromatic N) is 3. The summed E-state index contributed by atoms with van der Waals surface area (Å²) in [5, 5.41) is 4.34. The average Bonchev–Trinajstić information content (AvgIpc) is 2.67. The van der Waals surface area contributed by atoms with E-state index in [0.717, 1.165) is 28.5 Å². The molecule has 0 aliphatic rings. The van der Waals surface area contributed by atoms with Crippen molar-refractivity contribution in [1.29, 1.82) is 0 Å². The summed E-state index contributed by atoms with van der Waals surface area (Å²) in [5.74, 6) is 2.52. The van der Waals surface area contributed by atoms with Gasteiger partial charge in [-0.1, -0.05) is 12.1 Å². The molecule has 5 nitrogen and oxygen atoms in total. The van der Waals surface area contributed by atoms with Crippen LogP contribution in [0.15, 0.2) is 18.2 Å². The van der Waals surface area contributed by atoms with Crippen molar-refractivity contribution in [3.8, 4) is 5.75 Å². The number of benzene rings is 1. The quantitative estimate of drug-likeness (QED) is 0.885. The highest BCUT2D eigenvalue weighted by Gasteiger charge is 2.06. The molecule has 0 spiro atoms. The first-order valence-electron chi connectivity index (χ1n) is 5.88. The maximum atomic E-state index is 5.65. The second kappa shape index (κ2) is 5.18. The van der Waals surface area contributed by atoms with Gasteiger partial charge in [-0.3, -0.25) is 0 Å². The number of rotatable bonds is 4. The molecule has 0 unspecified atom stereocenters. The SMILES string of the molecule is COc1cc(Cn2nc(C)nc2C)ccc1CN. The predicted molar refractivity (Wildman–Crippen MR) is 69.5 cm³/mol. The molecule has 96 valence electrons. The fourth-order valence-electron chi connectivity index (χ4n) is 1.94. The maximum absolute atomic E-state index is 5.65. The lowest BCUT2D eigenvalue weighted by Crippen LogP contribution is -2.06. The number of ether oxygens (including phenoxy) is 1. The summed E-state index contributed by atoms with van der Waals surface area (Å²) in [7, 11) is 1.66. The summed E-state index contributed by atoms with van der Waals surface area (Å²) in [6.45, 7) is 5.01. The first kappa shape index (κ1) is 12.6. The zero-order chi connectivity index (χ0) is 13.1. The summed E-state index contributed by atoms with van der Waals surface area (Å²) in [4.78, 5) is 4.28. The van der Waals surface area contributed by atoms with Crippen LogP contribution >= 0.6 is 0 Å². The minimum absolute atomic E-state index is 0.477. The maximum Gasteiger partial charge on any atom is 0.147 e. The molecule has 0 atom stereocenters. The van der Waals surface area contributed by atoms with E-state index in [9.17, 15) is 0 Å². The van der Waals surface area contributed by atoms with Gasteiger partial charge < -0.3 is 10.5 Å². The van der Waals surface area contributed by atoms with Crippen LogP contribution in [0.4, 0.5) is 0 Å². The zero-order valence-electron chi connectivity index (χ0n) is 11.0. The Kier molecular flexibility index (Phi) is 3.62.